The van der Waals surface area contributed by atoms with Crippen molar-refractivity contribution in [3.05, 3.63) is 28.2 Å². The van der Waals surface area contributed by atoms with Crippen LogP contribution in [0.4, 0.5) is 5.69 Å². The third kappa shape index (κ3) is 3.55. The number of carboxylic acid groups (broad SMARTS) is 1. The van der Waals surface area contributed by atoms with Crippen molar-refractivity contribution in [2.75, 3.05) is 5.32 Å². The molecule has 0 bridgehead atoms. The number of nitriles is 1. The van der Waals surface area contributed by atoms with E-state index in [0.29, 0.717) is 11.3 Å². The van der Waals surface area contributed by atoms with Gasteiger partial charge < -0.3 is 10.4 Å². The number of benzene rings is 1. The number of carboxylic acids is 1. The van der Waals surface area contributed by atoms with E-state index in [-0.39, 0.29) is 12.5 Å². The molecule has 84 valence electrons. The molecule has 16 heavy (non-hydrogen) atoms. The van der Waals surface area contributed by atoms with Gasteiger partial charge in [0.2, 0.25) is 0 Å². The average molecular weight is 283 g/mol. The van der Waals surface area contributed by atoms with Crippen molar-refractivity contribution in [2.24, 2.45) is 0 Å². The van der Waals surface area contributed by atoms with E-state index in [1.54, 1.807) is 25.1 Å². The Morgan fingerprint density at radius 2 is 2.38 bits per heavy atom. The second-order valence-corrected chi connectivity index (χ2v) is 4.36. The van der Waals surface area contributed by atoms with Crippen molar-refractivity contribution in [1.29, 1.82) is 5.26 Å². The van der Waals surface area contributed by atoms with Gasteiger partial charge in [0, 0.05) is 10.5 Å². The summed E-state index contributed by atoms with van der Waals surface area (Å²) in [4.78, 5) is 10.5. The third-order valence-electron chi connectivity index (χ3n) is 1.98. The largest absolute Gasteiger partial charge is 0.481 e. The van der Waals surface area contributed by atoms with Crippen LogP contribution in [-0.4, -0.2) is 17.1 Å². The Morgan fingerprint density at radius 3 is 2.94 bits per heavy atom. The third-order valence-corrected chi connectivity index (χ3v) is 2.48. The number of halogens is 1. The van der Waals surface area contributed by atoms with Gasteiger partial charge in [-0.15, -0.1) is 0 Å². The first-order valence-electron chi connectivity index (χ1n) is 4.71. The lowest BCUT2D eigenvalue weighted by molar-refractivity contribution is -0.137. The zero-order chi connectivity index (χ0) is 12.1. The standard InChI is InChI=1S/C11H11BrN2O2/c1-7(4-11(15)16)14-10-3-2-9(12)5-8(10)6-13/h2-3,5,7,14H,4H2,1H3,(H,15,16). The molecular weight excluding hydrogens is 272 g/mol. The summed E-state index contributed by atoms with van der Waals surface area (Å²) in [5.41, 5.74) is 1.14. The van der Waals surface area contributed by atoms with Crippen LogP contribution < -0.4 is 5.32 Å². The van der Waals surface area contributed by atoms with E-state index >= 15 is 0 Å². The summed E-state index contributed by atoms with van der Waals surface area (Å²) in [7, 11) is 0. The Labute approximate surface area is 102 Å². The van der Waals surface area contributed by atoms with Crippen LogP contribution in [0.25, 0.3) is 0 Å². The Bertz CT molecular complexity index is 440. The van der Waals surface area contributed by atoms with Crippen molar-refractivity contribution in [3.8, 4) is 6.07 Å². The summed E-state index contributed by atoms with van der Waals surface area (Å²) >= 11 is 3.27. The SMILES string of the molecule is CC(CC(=O)O)Nc1ccc(Br)cc1C#N. The second-order valence-electron chi connectivity index (χ2n) is 3.44. The van der Waals surface area contributed by atoms with E-state index in [9.17, 15) is 4.79 Å². The van der Waals surface area contributed by atoms with Gasteiger partial charge in [0.25, 0.3) is 0 Å². The van der Waals surface area contributed by atoms with Gasteiger partial charge in [0.05, 0.1) is 17.7 Å². The van der Waals surface area contributed by atoms with Crippen LogP contribution in [0.2, 0.25) is 0 Å². The molecule has 2 N–H and O–H groups in total. The fourth-order valence-electron chi connectivity index (χ4n) is 1.31. The molecule has 0 saturated heterocycles. The molecule has 1 atom stereocenters. The second kappa shape index (κ2) is 5.52. The number of anilines is 1. The molecule has 0 fully saturated rings. The number of rotatable bonds is 4. The predicted molar refractivity (Wildman–Crippen MR) is 64.2 cm³/mol. The maximum Gasteiger partial charge on any atom is 0.305 e. The summed E-state index contributed by atoms with van der Waals surface area (Å²) in [5, 5.41) is 20.5. The lowest BCUT2D eigenvalue weighted by Gasteiger charge is -2.14. The molecule has 1 aromatic carbocycles. The van der Waals surface area contributed by atoms with Gasteiger partial charge in [-0.25, -0.2) is 0 Å². The lowest BCUT2D eigenvalue weighted by Crippen LogP contribution is -2.19. The van der Waals surface area contributed by atoms with E-state index in [1.807, 2.05) is 0 Å². The minimum absolute atomic E-state index is 0.0148. The average Bonchev–Trinajstić information content (AvgIpc) is 2.19. The summed E-state index contributed by atoms with van der Waals surface area (Å²) in [6.07, 6.45) is 0.0148. The van der Waals surface area contributed by atoms with Gasteiger partial charge in [0.15, 0.2) is 0 Å². The molecule has 5 heteroatoms. The molecule has 1 aromatic rings. The van der Waals surface area contributed by atoms with E-state index in [1.165, 1.54) is 0 Å². The fraction of sp³-hybridized carbons (Fsp3) is 0.273. The van der Waals surface area contributed by atoms with E-state index in [2.05, 4.69) is 27.3 Å². The molecule has 0 spiro atoms. The highest BCUT2D eigenvalue weighted by Crippen LogP contribution is 2.21. The van der Waals surface area contributed by atoms with Gasteiger partial charge in [-0.3, -0.25) is 4.79 Å². The van der Waals surface area contributed by atoms with Crippen molar-refractivity contribution in [3.63, 3.8) is 0 Å². The smallest absolute Gasteiger partial charge is 0.305 e. The number of hydrogen-bond acceptors (Lipinski definition) is 3. The van der Waals surface area contributed by atoms with Gasteiger partial charge in [-0.2, -0.15) is 5.26 Å². The molecule has 4 nitrogen and oxygen atoms in total. The molecule has 0 aromatic heterocycles. The molecule has 0 aliphatic rings. The van der Waals surface area contributed by atoms with Crippen LogP contribution in [0.3, 0.4) is 0 Å². The monoisotopic (exact) mass is 282 g/mol. The zero-order valence-electron chi connectivity index (χ0n) is 8.70. The quantitative estimate of drug-likeness (QED) is 0.890. The number of aliphatic carboxylic acids is 1. The predicted octanol–water partition coefficient (Wildman–Crippen LogP) is 2.60. The lowest BCUT2D eigenvalue weighted by atomic mass is 10.1. The number of carbonyl (C=O) groups is 1. The molecule has 0 radical (unpaired) electrons. The van der Waals surface area contributed by atoms with Gasteiger partial charge in [0.1, 0.15) is 6.07 Å². The van der Waals surface area contributed by atoms with Gasteiger partial charge in [-0.1, -0.05) is 15.9 Å². The van der Waals surface area contributed by atoms with Crippen LogP contribution in [-0.2, 0) is 4.79 Å². The Balaban J connectivity index is 2.81. The zero-order valence-corrected chi connectivity index (χ0v) is 10.3. The highest BCUT2D eigenvalue weighted by Gasteiger charge is 2.09. The Morgan fingerprint density at radius 1 is 1.69 bits per heavy atom. The summed E-state index contributed by atoms with van der Waals surface area (Å²) in [6.45, 7) is 1.76. The molecule has 0 aliphatic carbocycles. The van der Waals surface area contributed by atoms with Crippen molar-refractivity contribution in [2.45, 2.75) is 19.4 Å². The van der Waals surface area contributed by atoms with Gasteiger partial charge >= 0.3 is 5.97 Å². The highest BCUT2D eigenvalue weighted by molar-refractivity contribution is 9.10. The Hall–Kier alpha value is -1.54. The highest BCUT2D eigenvalue weighted by atomic mass is 79.9. The van der Waals surface area contributed by atoms with E-state index in [4.69, 9.17) is 10.4 Å². The maximum atomic E-state index is 10.5. The van der Waals surface area contributed by atoms with Crippen LogP contribution in [0.15, 0.2) is 22.7 Å². The van der Waals surface area contributed by atoms with Crippen LogP contribution in [0.5, 0.6) is 0 Å². The summed E-state index contributed by atoms with van der Waals surface area (Å²) in [6, 6.07) is 7.08. The molecule has 0 saturated carbocycles. The normalized spacial score (nSPS) is 11.6. The number of nitrogens with one attached hydrogen (secondary N) is 1. The fourth-order valence-corrected chi connectivity index (χ4v) is 1.67. The first kappa shape index (κ1) is 12.5. The molecule has 1 rings (SSSR count). The number of nitrogens with zero attached hydrogens (tertiary/aromatic N) is 1. The van der Waals surface area contributed by atoms with Crippen molar-refractivity contribution in [1.82, 2.24) is 0 Å². The minimum Gasteiger partial charge on any atom is -0.481 e. The maximum absolute atomic E-state index is 10.5. The van der Waals surface area contributed by atoms with Crippen molar-refractivity contribution >= 4 is 27.6 Å². The van der Waals surface area contributed by atoms with Crippen LogP contribution >= 0.6 is 15.9 Å². The number of hydrogen-bond donors (Lipinski definition) is 2. The Kier molecular flexibility index (Phi) is 4.32. The van der Waals surface area contributed by atoms with E-state index in [0.717, 1.165) is 4.47 Å². The minimum atomic E-state index is -0.865. The van der Waals surface area contributed by atoms with E-state index < -0.39 is 5.97 Å². The summed E-state index contributed by atoms with van der Waals surface area (Å²) < 4.78 is 0.820. The van der Waals surface area contributed by atoms with Crippen LogP contribution in [0.1, 0.15) is 18.9 Å². The molecule has 0 amide bonds. The first-order valence-corrected chi connectivity index (χ1v) is 5.50. The molecule has 1 unspecified atom stereocenters. The van der Waals surface area contributed by atoms with Gasteiger partial charge in [-0.05, 0) is 25.1 Å². The molecular formula is C11H11BrN2O2. The summed E-state index contributed by atoms with van der Waals surface area (Å²) in [5.74, 6) is -0.865. The molecule has 0 heterocycles. The van der Waals surface area contributed by atoms with Crippen LogP contribution in [0, 0.1) is 11.3 Å². The van der Waals surface area contributed by atoms with Crippen molar-refractivity contribution < 1.29 is 9.90 Å². The first-order chi connectivity index (χ1) is 7.52. The topological polar surface area (TPSA) is 73.1 Å². The molecule has 0 aliphatic heterocycles.